The molecule has 10 heteroatoms. The minimum atomic E-state index is -4.80. The second kappa shape index (κ2) is 10.4. The summed E-state index contributed by atoms with van der Waals surface area (Å²) in [7, 11) is 0. The Morgan fingerprint density at radius 2 is 1.84 bits per heavy atom. The van der Waals surface area contributed by atoms with E-state index in [1.165, 1.54) is 6.20 Å². The van der Waals surface area contributed by atoms with Crippen molar-refractivity contribution in [2.24, 2.45) is 5.92 Å². The van der Waals surface area contributed by atoms with Gasteiger partial charge in [-0.3, -0.25) is 4.79 Å². The molecule has 2 saturated heterocycles. The molecule has 1 atom stereocenters. The number of halogens is 3. The van der Waals surface area contributed by atoms with Crippen LogP contribution in [0.3, 0.4) is 0 Å². The minimum absolute atomic E-state index is 0.152. The highest BCUT2D eigenvalue weighted by Crippen LogP contribution is 2.36. The number of nitrogens with zero attached hydrogens (tertiary/aromatic N) is 4. The maximum atomic E-state index is 13.7. The van der Waals surface area contributed by atoms with Gasteiger partial charge in [0.1, 0.15) is 5.82 Å². The average molecular weight is 529 g/mol. The fraction of sp³-hybridized carbons (Fsp3) is 0.464. The molecular weight excluding hydrogens is 497 g/mol. The number of benzene rings is 1. The van der Waals surface area contributed by atoms with E-state index in [0.717, 1.165) is 18.4 Å². The molecule has 3 aromatic rings. The summed E-state index contributed by atoms with van der Waals surface area (Å²) in [5, 5.41) is 11.1. The molecule has 4 heterocycles. The van der Waals surface area contributed by atoms with Gasteiger partial charge in [-0.1, -0.05) is 43.3 Å². The molecule has 0 radical (unpaired) electrons. The summed E-state index contributed by atoms with van der Waals surface area (Å²) in [5.74, 6) is -0.554. The number of piperidine rings is 2. The lowest BCUT2D eigenvalue weighted by Crippen LogP contribution is -2.42. The molecule has 2 aliphatic rings. The van der Waals surface area contributed by atoms with Crippen LogP contribution in [0.25, 0.3) is 0 Å². The molecule has 2 aliphatic heterocycles. The summed E-state index contributed by atoms with van der Waals surface area (Å²) in [6.07, 6.45) is -0.673. The molecule has 2 aromatic heterocycles. The van der Waals surface area contributed by atoms with Crippen molar-refractivity contribution in [1.29, 1.82) is 0 Å². The topological polar surface area (TPSA) is 82.7 Å². The number of hydrogen-bond donors (Lipinski definition) is 1. The van der Waals surface area contributed by atoms with E-state index >= 15 is 0 Å². The summed E-state index contributed by atoms with van der Waals surface area (Å²) >= 11 is 0. The van der Waals surface area contributed by atoms with Crippen molar-refractivity contribution >= 4 is 17.6 Å². The SMILES string of the molecule is CC1CCCN(c2nc(C(F)(F)F)c(C(=O)Cc3ccc(N4CCC(O)(c5ccccc5)CC4)nc3)o2)C1. The van der Waals surface area contributed by atoms with Gasteiger partial charge in [0.15, 0.2) is 5.69 Å². The summed E-state index contributed by atoms with van der Waals surface area (Å²) in [4.78, 5) is 24.8. The molecule has 5 rings (SSSR count). The second-order valence-electron chi connectivity index (χ2n) is 10.4. The zero-order valence-corrected chi connectivity index (χ0v) is 21.2. The number of carbonyl (C=O) groups is 1. The maximum absolute atomic E-state index is 13.7. The first-order chi connectivity index (χ1) is 18.1. The van der Waals surface area contributed by atoms with E-state index in [4.69, 9.17) is 4.42 Å². The quantitative estimate of drug-likeness (QED) is 0.438. The lowest BCUT2D eigenvalue weighted by atomic mass is 9.84. The minimum Gasteiger partial charge on any atom is -0.420 e. The molecule has 0 bridgehead atoms. The Kier molecular flexibility index (Phi) is 7.17. The highest BCUT2D eigenvalue weighted by Gasteiger charge is 2.42. The van der Waals surface area contributed by atoms with Crippen molar-refractivity contribution in [2.75, 3.05) is 36.0 Å². The van der Waals surface area contributed by atoms with Crippen LogP contribution in [0.4, 0.5) is 25.0 Å². The average Bonchev–Trinajstić information content (AvgIpc) is 3.37. The maximum Gasteiger partial charge on any atom is 0.437 e. The van der Waals surface area contributed by atoms with E-state index in [9.17, 15) is 23.1 Å². The molecule has 0 spiro atoms. The van der Waals surface area contributed by atoms with Crippen LogP contribution in [0.2, 0.25) is 0 Å². The Hall–Kier alpha value is -3.40. The Balaban J connectivity index is 1.26. The number of hydrogen-bond acceptors (Lipinski definition) is 7. The van der Waals surface area contributed by atoms with Crippen molar-refractivity contribution in [1.82, 2.24) is 9.97 Å². The number of carbonyl (C=O) groups excluding carboxylic acids is 1. The van der Waals surface area contributed by atoms with Crippen LogP contribution in [0, 0.1) is 5.92 Å². The van der Waals surface area contributed by atoms with Gasteiger partial charge in [-0.15, -0.1) is 0 Å². The van der Waals surface area contributed by atoms with E-state index in [0.29, 0.717) is 56.3 Å². The smallest absolute Gasteiger partial charge is 0.420 e. The number of aliphatic hydroxyl groups is 1. The largest absolute Gasteiger partial charge is 0.437 e. The molecule has 38 heavy (non-hydrogen) atoms. The van der Waals surface area contributed by atoms with Crippen LogP contribution in [0.15, 0.2) is 53.1 Å². The molecule has 1 aromatic carbocycles. The molecule has 2 fully saturated rings. The Morgan fingerprint density at radius 1 is 1.11 bits per heavy atom. The predicted octanol–water partition coefficient (Wildman–Crippen LogP) is 5.24. The Morgan fingerprint density at radius 3 is 2.47 bits per heavy atom. The zero-order valence-electron chi connectivity index (χ0n) is 21.2. The van der Waals surface area contributed by atoms with Crippen LogP contribution in [0.5, 0.6) is 0 Å². The highest BCUT2D eigenvalue weighted by atomic mass is 19.4. The van der Waals surface area contributed by atoms with Crippen LogP contribution in [0.1, 0.15) is 60.0 Å². The molecule has 0 amide bonds. The lowest BCUT2D eigenvalue weighted by molar-refractivity contribution is -0.141. The third kappa shape index (κ3) is 5.55. The second-order valence-corrected chi connectivity index (χ2v) is 10.4. The summed E-state index contributed by atoms with van der Waals surface area (Å²) in [6, 6.07) is 12.9. The fourth-order valence-corrected chi connectivity index (χ4v) is 5.31. The van der Waals surface area contributed by atoms with E-state index in [-0.39, 0.29) is 12.4 Å². The van der Waals surface area contributed by atoms with Crippen molar-refractivity contribution in [2.45, 2.75) is 50.8 Å². The van der Waals surface area contributed by atoms with Crippen LogP contribution in [-0.4, -0.2) is 47.0 Å². The van der Waals surface area contributed by atoms with E-state index in [1.54, 1.807) is 17.0 Å². The summed E-state index contributed by atoms with van der Waals surface area (Å²) in [6.45, 7) is 4.30. The van der Waals surface area contributed by atoms with Gasteiger partial charge in [-0.25, -0.2) is 4.98 Å². The Bertz CT molecular complexity index is 1250. The number of ketones is 1. The van der Waals surface area contributed by atoms with Gasteiger partial charge in [0.25, 0.3) is 6.01 Å². The van der Waals surface area contributed by atoms with E-state index < -0.39 is 29.0 Å². The number of aromatic nitrogens is 2. The number of pyridine rings is 1. The highest BCUT2D eigenvalue weighted by molar-refractivity contribution is 5.96. The van der Waals surface area contributed by atoms with Gasteiger partial charge in [-0.05, 0) is 48.8 Å². The van der Waals surface area contributed by atoms with Crippen molar-refractivity contribution in [3.05, 3.63) is 71.2 Å². The van der Waals surface area contributed by atoms with Gasteiger partial charge in [0.05, 0.1) is 5.60 Å². The van der Waals surface area contributed by atoms with Gasteiger partial charge in [0.2, 0.25) is 11.5 Å². The van der Waals surface area contributed by atoms with Crippen molar-refractivity contribution < 1.29 is 27.5 Å². The molecule has 1 N–H and O–H groups in total. The number of Topliss-reactive ketones (excluding diaryl/α,β-unsaturated/α-hetero) is 1. The first kappa shape index (κ1) is 26.2. The van der Waals surface area contributed by atoms with E-state index in [1.807, 2.05) is 42.2 Å². The number of alkyl halides is 3. The first-order valence-corrected chi connectivity index (χ1v) is 13.0. The molecule has 0 aliphatic carbocycles. The molecule has 7 nitrogen and oxygen atoms in total. The normalized spacial score (nSPS) is 20.0. The predicted molar refractivity (Wildman–Crippen MR) is 136 cm³/mol. The van der Waals surface area contributed by atoms with Gasteiger partial charge < -0.3 is 19.3 Å². The van der Waals surface area contributed by atoms with Crippen LogP contribution >= 0.6 is 0 Å². The van der Waals surface area contributed by atoms with Crippen LogP contribution in [-0.2, 0) is 18.2 Å². The fourth-order valence-electron chi connectivity index (χ4n) is 5.31. The third-order valence-electron chi connectivity index (χ3n) is 7.46. The van der Waals surface area contributed by atoms with Crippen molar-refractivity contribution in [3.63, 3.8) is 0 Å². The standard InChI is InChI=1S/C28H31F3N4O3/c1-19-6-5-13-35(18-19)26-33-25(28(29,30)31)24(38-26)22(36)16-20-9-10-23(32-17-20)34-14-11-27(37,12-15-34)21-7-3-2-4-8-21/h2-4,7-10,17,19,37H,5-6,11-16,18H2,1H3. The lowest BCUT2D eigenvalue weighted by Gasteiger charge is -2.39. The molecular formula is C28H31F3N4O3. The molecule has 0 saturated carbocycles. The third-order valence-corrected chi connectivity index (χ3v) is 7.46. The van der Waals surface area contributed by atoms with E-state index in [2.05, 4.69) is 9.97 Å². The molecule has 202 valence electrons. The Labute approximate surface area is 219 Å². The summed E-state index contributed by atoms with van der Waals surface area (Å²) < 4.78 is 46.5. The van der Waals surface area contributed by atoms with Crippen molar-refractivity contribution in [3.8, 4) is 0 Å². The van der Waals surface area contributed by atoms with Gasteiger partial charge in [-0.2, -0.15) is 18.2 Å². The zero-order chi connectivity index (χ0) is 26.9. The monoisotopic (exact) mass is 528 g/mol. The van der Waals surface area contributed by atoms with Crippen LogP contribution < -0.4 is 9.80 Å². The van der Waals surface area contributed by atoms with Gasteiger partial charge >= 0.3 is 6.18 Å². The first-order valence-electron chi connectivity index (χ1n) is 13.0. The number of anilines is 2. The number of rotatable bonds is 6. The molecule has 1 unspecified atom stereocenters. The van der Waals surface area contributed by atoms with Gasteiger partial charge in [0, 0.05) is 38.8 Å². The summed E-state index contributed by atoms with van der Waals surface area (Å²) in [5.41, 5.74) is -0.790. The number of oxazole rings is 1.